The van der Waals surface area contributed by atoms with Crippen molar-refractivity contribution in [3.8, 4) is 0 Å². The number of aromatic nitrogens is 2. The molecule has 2 atom stereocenters. The maximum absolute atomic E-state index is 4.35. The second-order valence-electron chi connectivity index (χ2n) is 5.84. The number of hydrogen-bond donors (Lipinski definition) is 1. The predicted octanol–water partition coefficient (Wildman–Crippen LogP) is 2.99. The summed E-state index contributed by atoms with van der Waals surface area (Å²) in [6, 6.07) is 0.458. The Balaban J connectivity index is 1.70. The fourth-order valence-corrected chi connectivity index (χ4v) is 2.68. The molecule has 3 heteroatoms. The third kappa shape index (κ3) is 3.56. The highest BCUT2D eigenvalue weighted by Gasteiger charge is 2.20. The number of hydrogen-bond acceptors (Lipinski definition) is 2. The molecular weight excluding hydrogens is 210 g/mol. The zero-order valence-corrected chi connectivity index (χ0v) is 11.3. The monoisotopic (exact) mass is 235 g/mol. The Morgan fingerprint density at radius 1 is 1.47 bits per heavy atom. The van der Waals surface area contributed by atoms with Crippen molar-refractivity contribution in [2.45, 2.75) is 52.6 Å². The molecule has 2 unspecified atom stereocenters. The van der Waals surface area contributed by atoms with Crippen LogP contribution in [0.4, 0.5) is 0 Å². The van der Waals surface area contributed by atoms with E-state index in [0.717, 1.165) is 24.9 Å². The minimum absolute atomic E-state index is 0.458. The highest BCUT2D eigenvalue weighted by molar-refractivity contribution is 5.03. The lowest BCUT2D eigenvalue weighted by Gasteiger charge is -2.10. The zero-order chi connectivity index (χ0) is 12.3. The Morgan fingerprint density at radius 2 is 2.29 bits per heavy atom. The van der Waals surface area contributed by atoms with Crippen LogP contribution in [-0.4, -0.2) is 16.3 Å². The zero-order valence-electron chi connectivity index (χ0n) is 11.3. The van der Waals surface area contributed by atoms with Crippen molar-refractivity contribution < 1.29 is 0 Å². The summed E-state index contributed by atoms with van der Waals surface area (Å²) in [7, 11) is 0. The van der Waals surface area contributed by atoms with Gasteiger partial charge in [-0.1, -0.05) is 13.3 Å². The summed E-state index contributed by atoms with van der Waals surface area (Å²) in [5, 5.41) is 7.92. The largest absolute Gasteiger partial charge is 0.312 e. The first-order chi connectivity index (χ1) is 8.15. The molecule has 0 saturated heterocycles. The van der Waals surface area contributed by atoms with E-state index in [4.69, 9.17) is 0 Å². The van der Waals surface area contributed by atoms with Gasteiger partial charge in [0.2, 0.25) is 0 Å². The third-order valence-corrected chi connectivity index (χ3v) is 3.75. The standard InChI is InChI=1S/C14H25N3/c1-11(2)17-10-14(9-16-17)8-15-7-13-5-4-12(3)6-13/h9-13,15H,4-8H2,1-3H3. The number of nitrogens with one attached hydrogen (secondary N) is 1. The first kappa shape index (κ1) is 12.6. The van der Waals surface area contributed by atoms with Crippen molar-refractivity contribution in [1.82, 2.24) is 15.1 Å². The van der Waals surface area contributed by atoms with Crippen LogP contribution in [-0.2, 0) is 6.54 Å². The molecule has 3 nitrogen and oxygen atoms in total. The second-order valence-corrected chi connectivity index (χ2v) is 5.84. The Labute approximate surface area is 105 Å². The summed E-state index contributed by atoms with van der Waals surface area (Å²) in [6.45, 7) is 8.80. The summed E-state index contributed by atoms with van der Waals surface area (Å²) in [6.07, 6.45) is 8.34. The summed E-state index contributed by atoms with van der Waals surface area (Å²) in [5.74, 6) is 1.83. The average Bonchev–Trinajstić information content (AvgIpc) is 2.88. The number of rotatable bonds is 5. The SMILES string of the molecule is CC1CCC(CNCc2cnn(C(C)C)c2)C1. The maximum atomic E-state index is 4.35. The van der Waals surface area contributed by atoms with Crippen molar-refractivity contribution in [3.63, 3.8) is 0 Å². The lowest BCUT2D eigenvalue weighted by atomic mass is 10.1. The smallest absolute Gasteiger partial charge is 0.0534 e. The van der Waals surface area contributed by atoms with E-state index >= 15 is 0 Å². The molecule has 0 spiro atoms. The quantitative estimate of drug-likeness (QED) is 0.850. The van der Waals surface area contributed by atoms with E-state index in [0.29, 0.717) is 6.04 Å². The lowest BCUT2D eigenvalue weighted by molar-refractivity contribution is 0.470. The topological polar surface area (TPSA) is 29.9 Å². The summed E-state index contributed by atoms with van der Waals surface area (Å²) < 4.78 is 2.02. The molecule has 1 heterocycles. The Kier molecular flexibility index (Phi) is 4.21. The van der Waals surface area contributed by atoms with Crippen LogP contribution in [0.5, 0.6) is 0 Å². The van der Waals surface area contributed by atoms with Gasteiger partial charge in [0.25, 0.3) is 0 Å². The minimum atomic E-state index is 0.458. The highest BCUT2D eigenvalue weighted by atomic mass is 15.3. The van der Waals surface area contributed by atoms with Gasteiger partial charge in [-0.15, -0.1) is 0 Å². The molecule has 0 aliphatic heterocycles. The molecule has 1 aromatic heterocycles. The van der Waals surface area contributed by atoms with E-state index in [1.165, 1.54) is 24.8 Å². The average molecular weight is 235 g/mol. The molecular formula is C14H25N3. The van der Waals surface area contributed by atoms with E-state index in [-0.39, 0.29) is 0 Å². The molecule has 17 heavy (non-hydrogen) atoms. The van der Waals surface area contributed by atoms with Gasteiger partial charge in [-0.05, 0) is 45.1 Å². The molecule has 1 N–H and O–H groups in total. The van der Waals surface area contributed by atoms with Gasteiger partial charge in [0.15, 0.2) is 0 Å². The van der Waals surface area contributed by atoms with Crippen LogP contribution in [0.1, 0.15) is 51.6 Å². The fourth-order valence-electron chi connectivity index (χ4n) is 2.68. The molecule has 0 aromatic carbocycles. The molecule has 0 amide bonds. The number of nitrogens with zero attached hydrogens (tertiary/aromatic N) is 2. The van der Waals surface area contributed by atoms with E-state index in [2.05, 4.69) is 37.4 Å². The van der Waals surface area contributed by atoms with Gasteiger partial charge >= 0.3 is 0 Å². The van der Waals surface area contributed by atoms with Crippen molar-refractivity contribution >= 4 is 0 Å². The van der Waals surface area contributed by atoms with E-state index in [9.17, 15) is 0 Å². The molecule has 2 rings (SSSR count). The highest BCUT2D eigenvalue weighted by Crippen LogP contribution is 2.29. The summed E-state index contributed by atoms with van der Waals surface area (Å²) >= 11 is 0. The van der Waals surface area contributed by atoms with Gasteiger partial charge in [0, 0.05) is 24.3 Å². The van der Waals surface area contributed by atoms with Crippen molar-refractivity contribution in [2.75, 3.05) is 6.54 Å². The van der Waals surface area contributed by atoms with Crippen molar-refractivity contribution in [2.24, 2.45) is 11.8 Å². The predicted molar refractivity (Wildman–Crippen MR) is 70.8 cm³/mol. The first-order valence-electron chi connectivity index (χ1n) is 6.89. The molecule has 1 aliphatic rings. The van der Waals surface area contributed by atoms with Gasteiger partial charge in [-0.2, -0.15) is 5.10 Å². The molecule has 0 bridgehead atoms. The van der Waals surface area contributed by atoms with Crippen LogP contribution in [0, 0.1) is 11.8 Å². The fraction of sp³-hybridized carbons (Fsp3) is 0.786. The van der Waals surface area contributed by atoms with Gasteiger partial charge < -0.3 is 5.32 Å². The molecule has 1 aromatic rings. The molecule has 1 aliphatic carbocycles. The van der Waals surface area contributed by atoms with Gasteiger partial charge in [-0.25, -0.2) is 0 Å². The third-order valence-electron chi connectivity index (χ3n) is 3.75. The summed E-state index contributed by atoms with van der Waals surface area (Å²) in [4.78, 5) is 0. The van der Waals surface area contributed by atoms with Gasteiger partial charge in [0.05, 0.1) is 6.20 Å². The molecule has 0 radical (unpaired) electrons. The minimum Gasteiger partial charge on any atom is -0.312 e. The van der Waals surface area contributed by atoms with Crippen LogP contribution in [0.3, 0.4) is 0 Å². The lowest BCUT2D eigenvalue weighted by Crippen LogP contribution is -2.20. The second kappa shape index (κ2) is 5.67. The van der Waals surface area contributed by atoms with Gasteiger partial charge in [-0.3, -0.25) is 4.68 Å². The van der Waals surface area contributed by atoms with Crippen molar-refractivity contribution in [1.29, 1.82) is 0 Å². The maximum Gasteiger partial charge on any atom is 0.0534 e. The van der Waals surface area contributed by atoms with Crippen LogP contribution in [0.25, 0.3) is 0 Å². The van der Waals surface area contributed by atoms with Crippen LogP contribution >= 0.6 is 0 Å². The van der Waals surface area contributed by atoms with Crippen LogP contribution in [0.2, 0.25) is 0 Å². The Bertz CT molecular complexity index is 343. The first-order valence-corrected chi connectivity index (χ1v) is 6.89. The Morgan fingerprint density at radius 3 is 2.88 bits per heavy atom. The van der Waals surface area contributed by atoms with Crippen LogP contribution in [0.15, 0.2) is 12.4 Å². The van der Waals surface area contributed by atoms with Gasteiger partial charge in [0.1, 0.15) is 0 Å². The Hall–Kier alpha value is -0.830. The van der Waals surface area contributed by atoms with Crippen molar-refractivity contribution in [3.05, 3.63) is 18.0 Å². The molecule has 1 saturated carbocycles. The molecule has 96 valence electrons. The van der Waals surface area contributed by atoms with E-state index in [1.54, 1.807) is 0 Å². The van der Waals surface area contributed by atoms with Crippen LogP contribution < -0.4 is 5.32 Å². The normalized spacial score (nSPS) is 24.7. The molecule has 1 fully saturated rings. The summed E-state index contributed by atoms with van der Waals surface area (Å²) in [5.41, 5.74) is 1.30. The van der Waals surface area contributed by atoms with E-state index in [1.807, 2.05) is 10.9 Å². The van der Waals surface area contributed by atoms with E-state index < -0.39 is 0 Å².